The number of aliphatic hydroxyl groups is 1. The van der Waals surface area contributed by atoms with E-state index < -0.39 is 28.0 Å². The molecule has 0 spiro atoms. The lowest BCUT2D eigenvalue weighted by molar-refractivity contribution is -0.122. The Morgan fingerprint density at radius 3 is 1.29 bits per heavy atom. The first-order valence-electron chi connectivity index (χ1n) is 23.0. The van der Waals surface area contributed by atoms with Crippen LogP contribution in [-0.2, 0) is 14.9 Å². The summed E-state index contributed by atoms with van der Waals surface area (Å²) in [5.41, 5.74) is 0. The quantitative estimate of drug-likeness (QED) is 0.0325. The summed E-state index contributed by atoms with van der Waals surface area (Å²) >= 11 is 0. The van der Waals surface area contributed by atoms with Gasteiger partial charge < -0.3 is 10.4 Å². The van der Waals surface area contributed by atoms with Crippen LogP contribution in [0.1, 0.15) is 219 Å². The molecule has 3 N–H and O–H groups in total. The molecule has 55 heavy (non-hydrogen) atoms. The molecule has 0 bridgehead atoms. The molecule has 7 heteroatoms. The SMILES string of the molecule is CCCCC/C=C\C/C=C\CCCCCCCCCCCC(=O)NC(CS(=O)(=O)O)C(O)/C=C/CC/C=C/CC/C=C/CCCCCCCCCCCCC. The molecular weight excluding hydrogens is 703 g/mol. The third kappa shape index (κ3) is 43.0. The summed E-state index contributed by atoms with van der Waals surface area (Å²) in [6.45, 7) is 4.51. The molecular formula is C48H87NO5S. The number of aliphatic hydroxyl groups excluding tert-OH is 1. The highest BCUT2D eigenvalue weighted by atomic mass is 32.2. The summed E-state index contributed by atoms with van der Waals surface area (Å²) < 4.78 is 32.6. The lowest BCUT2D eigenvalue weighted by Gasteiger charge is -2.21. The van der Waals surface area contributed by atoms with Gasteiger partial charge in [0.2, 0.25) is 5.91 Å². The Morgan fingerprint density at radius 2 is 0.836 bits per heavy atom. The normalized spacial score (nSPS) is 13.7. The zero-order valence-corrected chi connectivity index (χ0v) is 36.6. The molecule has 2 unspecified atom stereocenters. The van der Waals surface area contributed by atoms with Gasteiger partial charge in [0.1, 0.15) is 0 Å². The Hall–Kier alpha value is -1.96. The van der Waals surface area contributed by atoms with Crippen molar-refractivity contribution >= 4 is 16.0 Å². The molecule has 320 valence electrons. The molecule has 0 heterocycles. The van der Waals surface area contributed by atoms with E-state index in [2.05, 4.69) is 67.8 Å². The van der Waals surface area contributed by atoms with Crippen molar-refractivity contribution in [3.63, 3.8) is 0 Å². The summed E-state index contributed by atoms with van der Waals surface area (Å²) in [7, 11) is -4.36. The molecule has 1 amide bonds. The number of rotatable bonds is 41. The van der Waals surface area contributed by atoms with E-state index >= 15 is 0 Å². The van der Waals surface area contributed by atoms with Crippen LogP contribution in [0.15, 0.2) is 60.8 Å². The van der Waals surface area contributed by atoms with E-state index in [1.165, 1.54) is 147 Å². The minimum absolute atomic E-state index is 0.278. The molecule has 0 aromatic rings. The Balaban J connectivity index is 3.95. The maximum Gasteiger partial charge on any atom is 0.267 e. The van der Waals surface area contributed by atoms with Gasteiger partial charge in [0.15, 0.2) is 0 Å². The number of unbranched alkanes of at least 4 members (excludes halogenated alkanes) is 25. The summed E-state index contributed by atoms with van der Waals surface area (Å²) in [5, 5.41) is 13.2. The molecule has 0 aliphatic rings. The predicted octanol–water partition coefficient (Wildman–Crippen LogP) is 14.0. The lowest BCUT2D eigenvalue weighted by atomic mass is 10.1. The van der Waals surface area contributed by atoms with Crippen molar-refractivity contribution in [1.82, 2.24) is 5.32 Å². The average Bonchev–Trinajstić information content (AvgIpc) is 3.15. The third-order valence-corrected chi connectivity index (χ3v) is 10.9. The number of carbonyl (C=O) groups excluding carboxylic acids is 1. The summed E-state index contributed by atoms with van der Waals surface area (Å²) in [4.78, 5) is 12.5. The number of nitrogens with one attached hydrogen (secondary N) is 1. The third-order valence-electron chi connectivity index (χ3n) is 10.1. The van der Waals surface area contributed by atoms with Crippen LogP contribution < -0.4 is 5.32 Å². The predicted molar refractivity (Wildman–Crippen MR) is 239 cm³/mol. The molecule has 2 atom stereocenters. The van der Waals surface area contributed by atoms with Gasteiger partial charge in [0.25, 0.3) is 10.1 Å². The Labute approximate surface area is 341 Å². The monoisotopic (exact) mass is 790 g/mol. The van der Waals surface area contributed by atoms with Gasteiger partial charge in [-0.1, -0.05) is 197 Å². The van der Waals surface area contributed by atoms with E-state index in [0.29, 0.717) is 6.42 Å². The van der Waals surface area contributed by atoms with Crippen molar-refractivity contribution in [2.45, 2.75) is 231 Å². The van der Waals surface area contributed by atoms with Crippen molar-refractivity contribution < 1.29 is 22.9 Å². The minimum Gasteiger partial charge on any atom is -0.387 e. The van der Waals surface area contributed by atoms with Crippen LogP contribution in [0.25, 0.3) is 0 Å². The maximum absolute atomic E-state index is 12.5. The maximum atomic E-state index is 12.5. The Kier molecular flexibility index (Phi) is 40.2. The summed E-state index contributed by atoms with van der Waals surface area (Å²) in [6, 6.07) is -1.08. The van der Waals surface area contributed by atoms with E-state index in [4.69, 9.17) is 0 Å². The van der Waals surface area contributed by atoms with Crippen LogP contribution in [0.3, 0.4) is 0 Å². The van der Waals surface area contributed by atoms with Crippen LogP contribution in [0.2, 0.25) is 0 Å². The van der Waals surface area contributed by atoms with Gasteiger partial charge in [0, 0.05) is 6.42 Å². The number of amides is 1. The van der Waals surface area contributed by atoms with E-state index in [-0.39, 0.29) is 12.3 Å². The fourth-order valence-electron chi connectivity index (χ4n) is 6.69. The molecule has 0 radical (unpaired) electrons. The second-order valence-corrected chi connectivity index (χ2v) is 17.2. The number of allylic oxidation sites excluding steroid dienone is 9. The molecule has 6 nitrogen and oxygen atoms in total. The zero-order chi connectivity index (χ0) is 40.3. The standard InChI is InChI=1S/C48H87NO5S/c1-3-5-7-9-11-13-15-17-19-21-23-24-26-27-29-31-33-35-37-39-41-43-47(50)46(45-55(52,53)54)49-48(51)44-42-40-38-36-34-32-30-28-25-22-20-18-16-14-12-10-8-6-4-2/h12,14,18,20,26-27,33,35,41,43,46-47,50H,3-11,13,15-17,19,21-25,28-32,34,36-40,42,44-45H2,1-2H3,(H,49,51)(H,52,53,54)/b14-12-,20-18-,27-26+,35-33+,43-41+. The highest BCUT2D eigenvalue weighted by molar-refractivity contribution is 7.85. The van der Waals surface area contributed by atoms with Gasteiger partial charge >= 0.3 is 0 Å². The highest BCUT2D eigenvalue weighted by Crippen LogP contribution is 2.14. The van der Waals surface area contributed by atoms with Crippen molar-refractivity contribution in [2.24, 2.45) is 0 Å². The molecule has 0 fully saturated rings. The van der Waals surface area contributed by atoms with Crippen molar-refractivity contribution in [2.75, 3.05) is 5.75 Å². The largest absolute Gasteiger partial charge is 0.387 e. The van der Waals surface area contributed by atoms with Gasteiger partial charge in [-0.2, -0.15) is 8.42 Å². The van der Waals surface area contributed by atoms with Crippen LogP contribution in [0.5, 0.6) is 0 Å². The van der Waals surface area contributed by atoms with E-state index in [1.54, 1.807) is 6.08 Å². The average molecular weight is 790 g/mol. The molecule has 0 saturated carbocycles. The molecule has 0 aliphatic carbocycles. The topological polar surface area (TPSA) is 104 Å². The van der Waals surface area contributed by atoms with Gasteiger partial charge in [-0.25, -0.2) is 0 Å². The number of hydrogen-bond acceptors (Lipinski definition) is 4. The van der Waals surface area contributed by atoms with E-state index in [0.717, 1.165) is 51.4 Å². The first-order valence-corrected chi connectivity index (χ1v) is 24.6. The lowest BCUT2D eigenvalue weighted by Crippen LogP contribution is -2.46. The van der Waals surface area contributed by atoms with Crippen LogP contribution in [-0.4, -0.2) is 41.9 Å². The molecule has 0 saturated heterocycles. The second kappa shape index (κ2) is 41.7. The number of hydrogen-bond donors (Lipinski definition) is 3. The van der Waals surface area contributed by atoms with Gasteiger partial charge in [-0.15, -0.1) is 0 Å². The van der Waals surface area contributed by atoms with Gasteiger partial charge in [-0.3, -0.25) is 9.35 Å². The molecule has 0 aromatic heterocycles. The van der Waals surface area contributed by atoms with Gasteiger partial charge in [-0.05, 0) is 77.0 Å². The Bertz CT molecular complexity index is 1090. The van der Waals surface area contributed by atoms with Crippen LogP contribution >= 0.6 is 0 Å². The number of carbonyl (C=O) groups is 1. The van der Waals surface area contributed by atoms with E-state index in [9.17, 15) is 22.9 Å². The van der Waals surface area contributed by atoms with Crippen molar-refractivity contribution in [3.8, 4) is 0 Å². The van der Waals surface area contributed by atoms with Crippen LogP contribution in [0.4, 0.5) is 0 Å². The molecule has 0 aliphatic heterocycles. The minimum atomic E-state index is -4.36. The molecule has 0 aromatic carbocycles. The summed E-state index contributed by atoms with van der Waals surface area (Å²) in [6.07, 6.45) is 57.8. The zero-order valence-electron chi connectivity index (χ0n) is 35.8. The first-order chi connectivity index (χ1) is 26.8. The Morgan fingerprint density at radius 1 is 0.491 bits per heavy atom. The van der Waals surface area contributed by atoms with Crippen LogP contribution in [0, 0.1) is 0 Å². The highest BCUT2D eigenvalue weighted by Gasteiger charge is 2.24. The second-order valence-electron chi connectivity index (χ2n) is 15.7. The van der Waals surface area contributed by atoms with Crippen molar-refractivity contribution in [3.05, 3.63) is 60.8 Å². The van der Waals surface area contributed by atoms with E-state index in [1.807, 2.05) is 0 Å². The smallest absolute Gasteiger partial charge is 0.267 e. The fraction of sp³-hybridized carbons (Fsp3) is 0.771. The first kappa shape index (κ1) is 53.0. The summed E-state index contributed by atoms with van der Waals surface area (Å²) in [5.74, 6) is -1.02. The molecule has 0 rings (SSSR count). The fourth-order valence-corrected chi connectivity index (χ4v) is 7.42. The van der Waals surface area contributed by atoms with Crippen molar-refractivity contribution in [1.29, 1.82) is 0 Å². The van der Waals surface area contributed by atoms with Gasteiger partial charge in [0.05, 0.1) is 17.9 Å².